The molecule has 0 aliphatic carbocycles. The zero-order chi connectivity index (χ0) is 15.4. The number of nitrogens with zero attached hydrogens (tertiary/aromatic N) is 2. The lowest BCUT2D eigenvalue weighted by molar-refractivity contribution is 0.0657. The first-order valence-corrected chi connectivity index (χ1v) is 7.74. The van der Waals surface area contributed by atoms with Crippen LogP contribution in [-0.2, 0) is 0 Å². The molecule has 3 amide bonds. The molecule has 2 atom stereocenters. The van der Waals surface area contributed by atoms with Crippen molar-refractivity contribution in [2.45, 2.75) is 38.8 Å². The van der Waals surface area contributed by atoms with Gasteiger partial charge in [-0.3, -0.25) is 0 Å². The molecule has 2 aliphatic heterocycles. The molecule has 7 heteroatoms. The molecule has 2 unspecified atom stereocenters. The number of rotatable bonds is 2. The van der Waals surface area contributed by atoms with Gasteiger partial charge in [0.1, 0.15) is 0 Å². The number of likely N-dealkylation sites (tertiary alicyclic amines) is 1. The molecule has 7 nitrogen and oxygen atoms in total. The highest BCUT2D eigenvalue weighted by molar-refractivity contribution is 5.74. The summed E-state index contributed by atoms with van der Waals surface area (Å²) in [6, 6.07) is 0.0379. The summed E-state index contributed by atoms with van der Waals surface area (Å²) in [5.41, 5.74) is 0. The van der Waals surface area contributed by atoms with Crippen molar-refractivity contribution in [3.8, 4) is 0 Å². The van der Waals surface area contributed by atoms with Gasteiger partial charge < -0.3 is 25.5 Å². The number of hydrogen-bond acceptors (Lipinski definition) is 3. The smallest absolute Gasteiger partial charge is 0.407 e. The van der Waals surface area contributed by atoms with E-state index in [2.05, 4.69) is 10.6 Å². The number of carbonyl (C=O) groups is 2. The van der Waals surface area contributed by atoms with Crippen LogP contribution in [0.3, 0.4) is 0 Å². The molecule has 0 saturated carbocycles. The summed E-state index contributed by atoms with van der Waals surface area (Å²) in [5.74, 6) is 0.209. The lowest BCUT2D eigenvalue weighted by atomic mass is 9.89. The maximum absolute atomic E-state index is 12.1. The van der Waals surface area contributed by atoms with Crippen molar-refractivity contribution in [3.05, 3.63) is 0 Å². The summed E-state index contributed by atoms with van der Waals surface area (Å²) >= 11 is 0. The topological polar surface area (TPSA) is 84.9 Å². The highest BCUT2D eigenvalue weighted by Gasteiger charge is 2.36. The highest BCUT2D eigenvalue weighted by atomic mass is 16.4. The Morgan fingerprint density at radius 3 is 2.76 bits per heavy atom. The Kier molecular flexibility index (Phi) is 5.27. The van der Waals surface area contributed by atoms with Crippen molar-refractivity contribution < 1.29 is 14.7 Å². The number of nitrogens with one attached hydrogen (secondary N) is 2. The fourth-order valence-corrected chi connectivity index (χ4v) is 3.23. The molecule has 0 bridgehead atoms. The summed E-state index contributed by atoms with van der Waals surface area (Å²) in [6.45, 7) is 7.17. The van der Waals surface area contributed by atoms with Crippen molar-refractivity contribution in [2.75, 3.05) is 32.7 Å². The standard InChI is InChI=1S/C14H26N4O3/c1-10(2)16-13(19)17-6-3-4-11(9-17)12-8-15-5-7-18(12)14(20)21/h10-12,15H,3-9H2,1-2H3,(H,16,19)(H,20,21). The van der Waals surface area contributed by atoms with Crippen molar-refractivity contribution in [3.63, 3.8) is 0 Å². The van der Waals surface area contributed by atoms with Gasteiger partial charge in [0.25, 0.3) is 0 Å². The van der Waals surface area contributed by atoms with Crippen molar-refractivity contribution in [1.82, 2.24) is 20.4 Å². The third-order valence-corrected chi connectivity index (χ3v) is 4.23. The van der Waals surface area contributed by atoms with Crippen LogP contribution in [0.5, 0.6) is 0 Å². The SMILES string of the molecule is CC(C)NC(=O)N1CCCC(C2CNCCN2C(=O)O)C1. The minimum atomic E-state index is -0.856. The predicted molar refractivity (Wildman–Crippen MR) is 79.4 cm³/mol. The number of amides is 3. The van der Waals surface area contributed by atoms with E-state index in [4.69, 9.17) is 0 Å². The van der Waals surface area contributed by atoms with Gasteiger partial charge in [0, 0.05) is 38.8 Å². The van der Waals surface area contributed by atoms with Crippen LogP contribution in [0, 0.1) is 5.92 Å². The predicted octanol–water partition coefficient (Wildman–Crippen LogP) is 0.768. The van der Waals surface area contributed by atoms with E-state index >= 15 is 0 Å². The number of piperidine rings is 1. The highest BCUT2D eigenvalue weighted by Crippen LogP contribution is 2.24. The summed E-state index contributed by atoms with van der Waals surface area (Å²) in [5, 5.41) is 15.5. The van der Waals surface area contributed by atoms with Gasteiger partial charge >= 0.3 is 12.1 Å². The minimum Gasteiger partial charge on any atom is -0.465 e. The Labute approximate surface area is 125 Å². The molecule has 3 N–H and O–H groups in total. The van der Waals surface area contributed by atoms with E-state index in [1.165, 1.54) is 4.90 Å². The van der Waals surface area contributed by atoms with Crippen LogP contribution in [0.1, 0.15) is 26.7 Å². The number of urea groups is 1. The zero-order valence-corrected chi connectivity index (χ0v) is 12.8. The second-order valence-electron chi connectivity index (χ2n) is 6.20. The zero-order valence-electron chi connectivity index (χ0n) is 12.8. The lowest BCUT2D eigenvalue weighted by Gasteiger charge is -2.43. The van der Waals surface area contributed by atoms with Gasteiger partial charge in [0.05, 0.1) is 6.04 Å². The average molecular weight is 298 g/mol. The van der Waals surface area contributed by atoms with Gasteiger partial charge in [-0.15, -0.1) is 0 Å². The summed E-state index contributed by atoms with van der Waals surface area (Å²) in [4.78, 5) is 26.9. The Morgan fingerprint density at radius 2 is 2.10 bits per heavy atom. The molecule has 2 rings (SSSR count). The first-order valence-electron chi connectivity index (χ1n) is 7.74. The van der Waals surface area contributed by atoms with Gasteiger partial charge in [-0.1, -0.05) is 0 Å². The van der Waals surface area contributed by atoms with E-state index in [0.717, 1.165) is 19.4 Å². The van der Waals surface area contributed by atoms with Crippen LogP contribution in [0.25, 0.3) is 0 Å². The summed E-state index contributed by atoms with van der Waals surface area (Å²) < 4.78 is 0. The fourth-order valence-electron chi connectivity index (χ4n) is 3.23. The third-order valence-electron chi connectivity index (χ3n) is 4.23. The average Bonchev–Trinajstić information content (AvgIpc) is 2.46. The monoisotopic (exact) mass is 298 g/mol. The molecule has 2 fully saturated rings. The first kappa shape index (κ1) is 15.9. The Balaban J connectivity index is 1.99. The van der Waals surface area contributed by atoms with E-state index in [1.807, 2.05) is 18.7 Å². The van der Waals surface area contributed by atoms with Crippen LogP contribution in [0.2, 0.25) is 0 Å². The summed E-state index contributed by atoms with van der Waals surface area (Å²) in [7, 11) is 0. The van der Waals surface area contributed by atoms with Crippen molar-refractivity contribution in [1.29, 1.82) is 0 Å². The number of carboxylic acid groups (broad SMARTS) is 1. The molecule has 2 saturated heterocycles. The molecule has 21 heavy (non-hydrogen) atoms. The van der Waals surface area contributed by atoms with E-state index < -0.39 is 6.09 Å². The molecule has 0 aromatic rings. The largest absolute Gasteiger partial charge is 0.465 e. The maximum Gasteiger partial charge on any atom is 0.407 e. The van der Waals surface area contributed by atoms with Crippen molar-refractivity contribution >= 4 is 12.1 Å². The second kappa shape index (κ2) is 6.98. The van der Waals surface area contributed by atoms with Gasteiger partial charge in [-0.2, -0.15) is 0 Å². The first-order chi connectivity index (χ1) is 9.99. The third kappa shape index (κ3) is 4.00. The Bertz CT molecular complexity index is 388. The molecular weight excluding hydrogens is 272 g/mol. The van der Waals surface area contributed by atoms with Crippen LogP contribution in [-0.4, -0.2) is 71.8 Å². The minimum absolute atomic E-state index is 0.0362. The van der Waals surface area contributed by atoms with E-state index in [9.17, 15) is 14.7 Å². The molecule has 2 aliphatic rings. The number of piperazine rings is 1. The Hall–Kier alpha value is -1.50. The molecule has 2 heterocycles. The van der Waals surface area contributed by atoms with Crippen LogP contribution >= 0.6 is 0 Å². The van der Waals surface area contributed by atoms with Crippen LogP contribution < -0.4 is 10.6 Å². The van der Waals surface area contributed by atoms with Gasteiger partial charge in [0.15, 0.2) is 0 Å². The van der Waals surface area contributed by atoms with Gasteiger partial charge in [0.2, 0.25) is 0 Å². The molecular formula is C14H26N4O3. The summed E-state index contributed by atoms with van der Waals surface area (Å²) in [6.07, 6.45) is 1.05. The number of hydrogen-bond donors (Lipinski definition) is 3. The van der Waals surface area contributed by atoms with E-state index in [0.29, 0.717) is 26.2 Å². The van der Waals surface area contributed by atoms with Crippen molar-refractivity contribution in [2.24, 2.45) is 5.92 Å². The van der Waals surface area contributed by atoms with Gasteiger partial charge in [-0.05, 0) is 32.6 Å². The molecule has 0 spiro atoms. The van der Waals surface area contributed by atoms with Gasteiger partial charge in [-0.25, -0.2) is 9.59 Å². The van der Waals surface area contributed by atoms with Crippen LogP contribution in [0.4, 0.5) is 9.59 Å². The normalized spacial score (nSPS) is 26.8. The quantitative estimate of drug-likeness (QED) is 0.703. The lowest BCUT2D eigenvalue weighted by Crippen LogP contribution is -2.59. The molecule has 0 radical (unpaired) electrons. The van der Waals surface area contributed by atoms with E-state index in [-0.39, 0.29) is 24.0 Å². The van der Waals surface area contributed by atoms with Crippen LogP contribution in [0.15, 0.2) is 0 Å². The number of carbonyl (C=O) groups excluding carboxylic acids is 1. The maximum atomic E-state index is 12.1. The Morgan fingerprint density at radius 1 is 1.33 bits per heavy atom. The molecule has 0 aromatic carbocycles. The molecule has 0 aromatic heterocycles. The van der Waals surface area contributed by atoms with E-state index in [1.54, 1.807) is 0 Å². The second-order valence-corrected chi connectivity index (χ2v) is 6.20. The molecule has 120 valence electrons. The fraction of sp³-hybridized carbons (Fsp3) is 0.857.